The molecule has 116 valence electrons. The molecule has 22 heavy (non-hydrogen) atoms. The highest BCUT2D eigenvalue weighted by atomic mass is 35.5. The third kappa shape index (κ3) is 3.96. The molecule has 1 unspecified atom stereocenters. The summed E-state index contributed by atoms with van der Waals surface area (Å²) in [7, 11) is 0. The van der Waals surface area contributed by atoms with Gasteiger partial charge in [-0.05, 0) is 36.5 Å². The zero-order valence-electron chi connectivity index (χ0n) is 12.3. The highest BCUT2D eigenvalue weighted by Crippen LogP contribution is 2.20. The van der Waals surface area contributed by atoms with Gasteiger partial charge in [0.05, 0.1) is 0 Å². The van der Waals surface area contributed by atoms with E-state index in [0.29, 0.717) is 35.2 Å². The van der Waals surface area contributed by atoms with Crippen molar-refractivity contribution in [3.05, 3.63) is 52.4 Å². The summed E-state index contributed by atoms with van der Waals surface area (Å²) in [6.07, 6.45) is 2.98. The second-order valence-corrected chi connectivity index (χ2v) is 6.11. The summed E-state index contributed by atoms with van der Waals surface area (Å²) in [5.74, 6) is 1.21. The topological polar surface area (TPSA) is 52.3 Å². The number of carbonyl (C=O) groups is 1. The number of hydrogen-bond donors (Lipinski definition) is 0. The minimum absolute atomic E-state index is 0.0352. The molecule has 0 radical (unpaired) electrons. The van der Waals surface area contributed by atoms with Crippen molar-refractivity contribution in [3.8, 4) is 0 Å². The van der Waals surface area contributed by atoms with E-state index >= 15 is 0 Å². The van der Waals surface area contributed by atoms with E-state index < -0.39 is 0 Å². The lowest BCUT2D eigenvalue weighted by Crippen LogP contribution is -2.05. The van der Waals surface area contributed by atoms with Crippen molar-refractivity contribution in [2.75, 3.05) is 13.2 Å². The standard InChI is InChI=1S/C17H18ClNO3/c18-14-3-1-2-13(8-14)9-15-10-16(19-22-15)17(20)5-4-12-6-7-21-11-12/h1-3,8,10,12H,4-7,9,11H2. The van der Waals surface area contributed by atoms with Gasteiger partial charge in [0.25, 0.3) is 0 Å². The first-order valence-corrected chi connectivity index (χ1v) is 7.89. The number of hydrogen-bond acceptors (Lipinski definition) is 4. The van der Waals surface area contributed by atoms with Gasteiger partial charge >= 0.3 is 0 Å². The number of halogens is 1. The Morgan fingerprint density at radius 1 is 1.36 bits per heavy atom. The number of Topliss-reactive ketones (excluding diaryl/α,β-unsaturated/α-hetero) is 1. The Balaban J connectivity index is 1.57. The van der Waals surface area contributed by atoms with Gasteiger partial charge in [-0.1, -0.05) is 28.9 Å². The van der Waals surface area contributed by atoms with Gasteiger partial charge in [0.15, 0.2) is 5.78 Å². The maximum Gasteiger partial charge on any atom is 0.184 e. The Morgan fingerprint density at radius 2 is 2.27 bits per heavy atom. The number of nitrogens with zero attached hydrogens (tertiary/aromatic N) is 1. The molecule has 2 aromatic rings. The molecule has 1 saturated heterocycles. The molecule has 1 fully saturated rings. The van der Waals surface area contributed by atoms with Crippen LogP contribution in [0.4, 0.5) is 0 Å². The zero-order valence-corrected chi connectivity index (χ0v) is 13.0. The lowest BCUT2D eigenvalue weighted by molar-refractivity contribution is 0.0962. The molecule has 0 saturated carbocycles. The first-order chi connectivity index (χ1) is 10.7. The number of ketones is 1. The van der Waals surface area contributed by atoms with Gasteiger partial charge in [-0.15, -0.1) is 0 Å². The zero-order chi connectivity index (χ0) is 15.4. The molecule has 3 rings (SSSR count). The first-order valence-electron chi connectivity index (χ1n) is 7.51. The van der Waals surface area contributed by atoms with E-state index in [4.69, 9.17) is 20.9 Å². The van der Waals surface area contributed by atoms with Crippen molar-refractivity contribution in [1.29, 1.82) is 0 Å². The second-order valence-electron chi connectivity index (χ2n) is 5.68. The normalized spacial score (nSPS) is 17.8. The van der Waals surface area contributed by atoms with Crippen LogP contribution in [0.1, 0.15) is 41.1 Å². The molecule has 0 bridgehead atoms. The van der Waals surface area contributed by atoms with E-state index in [0.717, 1.165) is 31.6 Å². The second kappa shape index (κ2) is 7.07. The van der Waals surface area contributed by atoms with Crippen LogP contribution in [-0.4, -0.2) is 24.2 Å². The third-order valence-corrected chi connectivity index (χ3v) is 4.15. The Hall–Kier alpha value is -1.65. The lowest BCUT2D eigenvalue weighted by Gasteiger charge is -2.04. The summed E-state index contributed by atoms with van der Waals surface area (Å²) in [6, 6.07) is 9.30. The fraction of sp³-hybridized carbons (Fsp3) is 0.412. The molecule has 1 aromatic heterocycles. The van der Waals surface area contributed by atoms with Gasteiger partial charge in [0.2, 0.25) is 0 Å². The monoisotopic (exact) mass is 319 g/mol. The predicted molar refractivity (Wildman–Crippen MR) is 83.3 cm³/mol. The smallest absolute Gasteiger partial charge is 0.184 e. The molecular formula is C17H18ClNO3. The van der Waals surface area contributed by atoms with E-state index in [1.165, 1.54) is 0 Å². The first kappa shape index (κ1) is 15.3. The molecule has 0 aliphatic carbocycles. The van der Waals surface area contributed by atoms with Gasteiger partial charge < -0.3 is 9.26 Å². The minimum atomic E-state index is 0.0352. The number of benzene rings is 1. The van der Waals surface area contributed by atoms with Crippen LogP contribution in [0.15, 0.2) is 34.9 Å². The van der Waals surface area contributed by atoms with Gasteiger partial charge in [-0.2, -0.15) is 0 Å². The van der Waals surface area contributed by atoms with Crippen molar-refractivity contribution in [1.82, 2.24) is 5.16 Å². The summed E-state index contributed by atoms with van der Waals surface area (Å²) in [5.41, 5.74) is 1.45. The summed E-state index contributed by atoms with van der Waals surface area (Å²) < 4.78 is 10.6. The van der Waals surface area contributed by atoms with Crippen LogP contribution in [0.5, 0.6) is 0 Å². The fourth-order valence-electron chi connectivity index (χ4n) is 2.65. The van der Waals surface area contributed by atoms with E-state index in [1.807, 2.05) is 24.3 Å². The van der Waals surface area contributed by atoms with Crippen molar-refractivity contribution in [2.24, 2.45) is 5.92 Å². The Morgan fingerprint density at radius 3 is 3.05 bits per heavy atom. The summed E-state index contributed by atoms with van der Waals surface area (Å²) >= 11 is 5.96. The van der Waals surface area contributed by atoms with Gasteiger partial charge in [0.1, 0.15) is 11.5 Å². The van der Waals surface area contributed by atoms with Crippen molar-refractivity contribution >= 4 is 17.4 Å². The molecule has 4 nitrogen and oxygen atoms in total. The van der Waals surface area contributed by atoms with E-state index in [1.54, 1.807) is 6.07 Å². The molecule has 0 amide bonds. The average molecular weight is 320 g/mol. The Kier molecular flexibility index (Phi) is 4.90. The number of ether oxygens (including phenoxy) is 1. The SMILES string of the molecule is O=C(CCC1CCOC1)c1cc(Cc2cccc(Cl)c2)on1. The molecule has 1 aliphatic heterocycles. The molecule has 0 N–H and O–H groups in total. The minimum Gasteiger partial charge on any atom is -0.381 e. The highest BCUT2D eigenvalue weighted by Gasteiger charge is 2.19. The van der Waals surface area contributed by atoms with Crippen LogP contribution < -0.4 is 0 Å². The van der Waals surface area contributed by atoms with Crippen molar-refractivity contribution in [2.45, 2.75) is 25.7 Å². The number of rotatable bonds is 6. The van der Waals surface area contributed by atoms with E-state index in [2.05, 4.69) is 5.16 Å². The Labute approximate surface area is 134 Å². The van der Waals surface area contributed by atoms with Crippen LogP contribution in [0.3, 0.4) is 0 Å². The van der Waals surface area contributed by atoms with E-state index in [9.17, 15) is 4.79 Å². The largest absolute Gasteiger partial charge is 0.381 e. The van der Waals surface area contributed by atoms with Gasteiger partial charge in [0, 0.05) is 37.1 Å². The maximum absolute atomic E-state index is 12.1. The van der Waals surface area contributed by atoms with Crippen LogP contribution >= 0.6 is 11.6 Å². The van der Waals surface area contributed by atoms with Crippen LogP contribution in [0.2, 0.25) is 5.02 Å². The highest BCUT2D eigenvalue weighted by molar-refractivity contribution is 6.30. The molecule has 5 heteroatoms. The molecule has 2 heterocycles. The molecule has 0 spiro atoms. The summed E-state index contributed by atoms with van der Waals surface area (Å²) in [6.45, 7) is 1.58. The number of carbonyl (C=O) groups excluding carboxylic acids is 1. The van der Waals surface area contributed by atoms with Crippen molar-refractivity contribution in [3.63, 3.8) is 0 Å². The molecule has 1 aliphatic rings. The fourth-order valence-corrected chi connectivity index (χ4v) is 2.86. The molecule has 1 aromatic carbocycles. The third-order valence-electron chi connectivity index (χ3n) is 3.92. The predicted octanol–water partition coefficient (Wildman–Crippen LogP) is 3.92. The van der Waals surface area contributed by atoms with Crippen LogP contribution in [0.25, 0.3) is 0 Å². The average Bonchev–Trinajstić information content (AvgIpc) is 3.16. The van der Waals surface area contributed by atoms with Crippen molar-refractivity contribution < 1.29 is 14.1 Å². The van der Waals surface area contributed by atoms with Gasteiger partial charge in [-0.3, -0.25) is 4.79 Å². The molecule has 1 atom stereocenters. The van der Waals surface area contributed by atoms with E-state index in [-0.39, 0.29) is 5.78 Å². The molecular weight excluding hydrogens is 302 g/mol. The number of aromatic nitrogens is 1. The van der Waals surface area contributed by atoms with Crippen LogP contribution in [-0.2, 0) is 11.2 Å². The van der Waals surface area contributed by atoms with Gasteiger partial charge in [-0.25, -0.2) is 0 Å². The quantitative estimate of drug-likeness (QED) is 0.757. The summed E-state index contributed by atoms with van der Waals surface area (Å²) in [5, 5.41) is 4.58. The maximum atomic E-state index is 12.1. The summed E-state index contributed by atoms with van der Waals surface area (Å²) in [4.78, 5) is 12.1. The Bertz CT molecular complexity index is 647. The lowest BCUT2D eigenvalue weighted by atomic mass is 10.00. The van der Waals surface area contributed by atoms with Crippen LogP contribution in [0, 0.1) is 5.92 Å².